The van der Waals surface area contributed by atoms with Gasteiger partial charge in [-0.1, -0.05) is 0 Å². The maximum Gasteiger partial charge on any atom is 0.321 e. The molecule has 0 aromatic carbocycles. The number of piperidine rings is 1. The largest absolute Gasteiger partial charge is 0.481 e. The lowest BCUT2D eigenvalue weighted by Crippen LogP contribution is -2.39. The minimum atomic E-state index is -1.62. The van der Waals surface area contributed by atoms with Crippen molar-refractivity contribution in [3.63, 3.8) is 0 Å². The first-order valence-corrected chi connectivity index (χ1v) is 6.19. The molecule has 1 N–H and O–H groups in total. The predicted molar refractivity (Wildman–Crippen MR) is 69.9 cm³/mol. The summed E-state index contributed by atoms with van der Waals surface area (Å²) in [7, 11) is 1.48. The van der Waals surface area contributed by atoms with E-state index in [0.29, 0.717) is 24.7 Å². The van der Waals surface area contributed by atoms with Gasteiger partial charge < -0.3 is 15.0 Å². The van der Waals surface area contributed by atoms with Crippen molar-refractivity contribution in [3.8, 4) is 5.88 Å². The van der Waals surface area contributed by atoms with E-state index in [9.17, 15) is 13.6 Å². The number of halogens is 2. The van der Waals surface area contributed by atoms with Crippen LogP contribution in [0.1, 0.15) is 12.8 Å². The van der Waals surface area contributed by atoms with Crippen molar-refractivity contribution in [2.45, 2.75) is 12.8 Å². The number of nitrogens with zero attached hydrogens (tertiary/aromatic N) is 2. The Balaban J connectivity index is 1.94. The topological polar surface area (TPSA) is 54.5 Å². The molecule has 5 nitrogen and oxygen atoms in total. The van der Waals surface area contributed by atoms with Gasteiger partial charge in [0.2, 0.25) is 5.88 Å². The molecule has 2 heterocycles. The lowest BCUT2D eigenvalue weighted by Gasteiger charge is -2.28. The normalized spacial score (nSPS) is 14.9. The Kier molecular flexibility index (Phi) is 4.49. The molecule has 0 spiro atoms. The Hall–Kier alpha value is -2.18. The van der Waals surface area contributed by atoms with Gasteiger partial charge in [0.25, 0.3) is 6.08 Å². The molecule has 7 heteroatoms. The highest BCUT2D eigenvalue weighted by molar-refractivity contribution is 5.89. The number of anilines is 1. The van der Waals surface area contributed by atoms with E-state index in [1.165, 1.54) is 18.2 Å². The van der Waals surface area contributed by atoms with Crippen LogP contribution in [0.3, 0.4) is 0 Å². The first kappa shape index (κ1) is 14.2. The van der Waals surface area contributed by atoms with Crippen LogP contribution in [0.5, 0.6) is 5.88 Å². The van der Waals surface area contributed by atoms with Gasteiger partial charge in [-0.3, -0.25) is 0 Å². The Morgan fingerprint density at radius 2 is 2.10 bits per heavy atom. The average Bonchev–Trinajstić information content (AvgIpc) is 2.47. The van der Waals surface area contributed by atoms with E-state index in [2.05, 4.69) is 10.3 Å². The number of pyridine rings is 1. The molecule has 0 aliphatic carbocycles. The fraction of sp³-hybridized carbons (Fsp3) is 0.385. The van der Waals surface area contributed by atoms with E-state index in [1.54, 1.807) is 12.1 Å². The third-order valence-corrected chi connectivity index (χ3v) is 3.12. The molecule has 0 atom stereocenters. The molecule has 1 aromatic rings. The predicted octanol–water partition coefficient (Wildman–Crippen LogP) is 2.87. The number of urea groups is 1. The molecule has 0 unspecified atom stereocenters. The monoisotopic (exact) mass is 283 g/mol. The zero-order valence-corrected chi connectivity index (χ0v) is 11.0. The van der Waals surface area contributed by atoms with Crippen LogP contribution in [-0.4, -0.2) is 36.1 Å². The molecule has 1 aliphatic heterocycles. The molecular weight excluding hydrogens is 268 g/mol. The van der Waals surface area contributed by atoms with Crippen LogP contribution in [0.4, 0.5) is 19.3 Å². The minimum absolute atomic E-state index is 0.139. The molecule has 108 valence electrons. The smallest absolute Gasteiger partial charge is 0.321 e. The van der Waals surface area contributed by atoms with E-state index in [0.717, 1.165) is 0 Å². The summed E-state index contributed by atoms with van der Waals surface area (Å²) in [5, 5.41) is 2.69. The van der Waals surface area contributed by atoms with Gasteiger partial charge in [0, 0.05) is 31.0 Å². The Bertz CT molecular complexity index is 520. The van der Waals surface area contributed by atoms with Crippen LogP contribution >= 0.6 is 0 Å². The number of nitrogens with one attached hydrogen (secondary N) is 1. The standard InChI is InChI=1S/C13H15F2N3O2/c1-20-11-8-10(2-5-16-11)17-13(19)18-6-3-9(4-7-18)12(14)15/h2,5,8H,3-4,6-7H2,1H3,(H,16,17,19). The zero-order chi connectivity index (χ0) is 14.5. The lowest BCUT2D eigenvalue weighted by atomic mass is 10.1. The van der Waals surface area contributed by atoms with E-state index < -0.39 is 6.08 Å². The summed E-state index contributed by atoms with van der Waals surface area (Å²) in [4.78, 5) is 17.4. The van der Waals surface area contributed by atoms with Gasteiger partial charge in [0.15, 0.2) is 0 Å². The quantitative estimate of drug-likeness (QED) is 0.908. The van der Waals surface area contributed by atoms with Gasteiger partial charge in [-0.2, -0.15) is 8.78 Å². The van der Waals surface area contributed by atoms with Crippen molar-refractivity contribution in [2.24, 2.45) is 0 Å². The van der Waals surface area contributed by atoms with Gasteiger partial charge in [0.1, 0.15) is 0 Å². The molecule has 0 radical (unpaired) electrons. The third-order valence-electron chi connectivity index (χ3n) is 3.12. The lowest BCUT2D eigenvalue weighted by molar-refractivity contribution is 0.206. The van der Waals surface area contributed by atoms with Gasteiger partial charge in [0.05, 0.1) is 7.11 Å². The van der Waals surface area contributed by atoms with Crippen molar-refractivity contribution in [3.05, 3.63) is 30.0 Å². The second-order valence-electron chi connectivity index (χ2n) is 4.37. The fourth-order valence-electron chi connectivity index (χ4n) is 1.97. The number of rotatable bonds is 2. The van der Waals surface area contributed by atoms with Crippen LogP contribution in [-0.2, 0) is 0 Å². The second kappa shape index (κ2) is 6.31. The minimum Gasteiger partial charge on any atom is -0.481 e. The average molecular weight is 283 g/mol. The number of aromatic nitrogens is 1. The van der Waals surface area contributed by atoms with E-state index >= 15 is 0 Å². The van der Waals surface area contributed by atoms with Crippen molar-refractivity contribution in [1.82, 2.24) is 9.88 Å². The third kappa shape index (κ3) is 3.43. The Labute approximate surface area is 115 Å². The zero-order valence-electron chi connectivity index (χ0n) is 11.0. The van der Waals surface area contributed by atoms with Crippen LogP contribution in [0.15, 0.2) is 30.0 Å². The molecule has 20 heavy (non-hydrogen) atoms. The molecule has 1 saturated heterocycles. The van der Waals surface area contributed by atoms with Crippen LogP contribution in [0.25, 0.3) is 0 Å². The highest BCUT2D eigenvalue weighted by Crippen LogP contribution is 2.22. The van der Waals surface area contributed by atoms with Crippen molar-refractivity contribution in [2.75, 3.05) is 25.5 Å². The molecule has 2 amide bonds. The van der Waals surface area contributed by atoms with Crippen molar-refractivity contribution in [1.29, 1.82) is 0 Å². The highest BCUT2D eigenvalue weighted by atomic mass is 19.3. The van der Waals surface area contributed by atoms with E-state index in [-0.39, 0.29) is 24.4 Å². The van der Waals surface area contributed by atoms with Gasteiger partial charge in [-0.05, 0) is 24.5 Å². The molecule has 1 fully saturated rings. The van der Waals surface area contributed by atoms with Crippen LogP contribution < -0.4 is 10.1 Å². The number of hydrogen-bond donors (Lipinski definition) is 1. The van der Waals surface area contributed by atoms with Crippen LogP contribution in [0, 0.1) is 0 Å². The first-order chi connectivity index (χ1) is 9.60. The summed E-state index contributed by atoms with van der Waals surface area (Å²) in [6, 6.07) is 2.92. The number of ether oxygens (including phenoxy) is 1. The SMILES string of the molecule is COc1cc(NC(=O)N2CCC(=C(F)F)CC2)ccn1. The summed E-state index contributed by atoms with van der Waals surface area (Å²) < 4.78 is 29.8. The van der Waals surface area contributed by atoms with E-state index in [4.69, 9.17) is 4.74 Å². The molecule has 0 bridgehead atoms. The number of likely N-dealkylation sites (tertiary alicyclic amines) is 1. The summed E-state index contributed by atoms with van der Waals surface area (Å²) in [5.74, 6) is 0.395. The number of hydrogen-bond acceptors (Lipinski definition) is 3. The van der Waals surface area contributed by atoms with Crippen molar-refractivity contribution >= 4 is 11.7 Å². The molecule has 1 aliphatic rings. The number of amides is 2. The molecule has 1 aromatic heterocycles. The van der Waals surface area contributed by atoms with Crippen LogP contribution in [0.2, 0.25) is 0 Å². The van der Waals surface area contributed by atoms with Gasteiger partial charge >= 0.3 is 6.03 Å². The Morgan fingerprint density at radius 1 is 1.40 bits per heavy atom. The van der Waals surface area contributed by atoms with E-state index in [1.807, 2.05) is 0 Å². The summed E-state index contributed by atoms with van der Waals surface area (Å²) >= 11 is 0. The summed E-state index contributed by atoms with van der Waals surface area (Å²) in [6.07, 6.45) is 0.332. The summed E-state index contributed by atoms with van der Waals surface area (Å²) in [5.41, 5.74) is 0.694. The van der Waals surface area contributed by atoms with Gasteiger partial charge in [-0.15, -0.1) is 0 Å². The second-order valence-corrected chi connectivity index (χ2v) is 4.37. The molecule has 0 saturated carbocycles. The molecule has 2 rings (SSSR count). The van der Waals surface area contributed by atoms with Crippen molar-refractivity contribution < 1.29 is 18.3 Å². The van der Waals surface area contributed by atoms with Gasteiger partial charge in [-0.25, -0.2) is 9.78 Å². The number of methoxy groups -OCH3 is 1. The fourth-order valence-corrected chi connectivity index (χ4v) is 1.97. The highest BCUT2D eigenvalue weighted by Gasteiger charge is 2.21. The maximum atomic E-state index is 12.4. The Morgan fingerprint density at radius 3 is 2.70 bits per heavy atom. The first-order valence-electron chi connectivity index (χ1n) is 6.19. The molecular formula is C13H15F2N3O2. The summed E-state index contributed by atoms with van der Waals surface area (Å²) in [6.45, 7) is 0.585. The maximum absolute atomic E-state index is 12.4. The number of carbonyl (C=O) groups is 1. The number of carbonyl (C=O) groups excluding carboxylic acids is 1.